The summed E-state index contributed by atoms with van der Waals surface area (Å²) in [5.74, 6) is 5.83. The van der Waals surface area contributed by atoms with E-state index in [-0.39, 0.29) is 11.9 Å². The molecule has 0 radical (unpaired) electrons. The first-order valence-corrected chi connectivity index (χ1v) is 6.39. The van der Waals surface area contributed by atoms with Crippen LogP contribution < -0.4 is 15.5 Å². The van der Waals surface area contributed by atoms with Crippen molar-refractivity contribution in [3.8, 4) is 5.75 Å². The normalized spacial score (nSPS) is 16.3. The number of anilines is 1. The largest absolute Gasteiger partial charge is 0.497 e. The molecule has 1 aliphatic heterocycles. The number of piperidine rings is 1. The molecule has 0 unspecified atom stereocenters. The van der Waals surface area contributed by atoms with E-state index >= 15 is 0 Å². The fraction of sp³-hybridized carbons (Fsp3) is 0.500. The second kappa shape index (κ2) is 6.08. The van der Waals surface area contributed by atoms with E-state index in [2.05, 4.69) is 14.7 Å². The summed E-state index contributed by atoms with van der Waals surface area (Å²) in [5, 5.41) is 0.387. The Morgan fingerprint density at radius 3 is 2.74 bits per heavy atom. The Hall–Kier alpha value is -1.53. The van der Waals surface area contributed by atoms with Crippen LogP contribution in [0.5, 0.6) is 5.75 Å². The Kier molecular flexibility index (Phi) is 4.44. The van der Waals surface area contributed by atoms with Gasteiger partial charge in [-0.3, -0.25) is 4.79 Å². The third-order valence-corrected chi connectivity index (χ3v) is 3.45. The number of rotatable bonds is 3. The molecule has 0 spiro atoms. The Balaban J connectivity index is 2.05. The van der Waals surface area contributed by atoms with Gasteiger partial charge >= 0.3 is 5.97 Å². The van der Waals surface area contributed by atoms with Crippen LogP contribution in [0.25, 0.3) is 0 Å². The Labute approximate surface area is 116 Å². The molecule has 7 heteroatoms. The number of ether oxygens (including phenoxy) is 1. The summed E-state index contributed by atoms with van der Waals surface area (Å²) >= 11 is 5.94. The molecule has 6 nitrogen and oxygen atoms in total. The lowest BCUT2D eigenvalue weighted by molar-refractivity contribution is -0.149. The van der Waals surface area contributed by atoms with Gasteiger partial charge in [-0.25, -0.2) is 4.98 Å². The van der Waals surface area contributed by atoms with Crippen LogP contribution in [-0.2, 0) is 9.63 Å². The number of nitrogens with two attached hydrogens (primary N) is 1. The molecular formula is C12H16ClN3O3. The quantitative estimate of drug-likeness (QED) is 0.668. The van der Waals surface area contributed by atoms with Gasteiger partial charge in [0, 0.05) is 25.2 Å². The van der Waals surface area contributed by atoms with Gasteiger partial charge < -0.3 is 14.5 Å². The van der Waals surface area contributed by atoms with Gasteiger partial charge in [0.2, 0.25) is 0 Å². The Bertz CT molecular complexity index is 462. The topological polar surface area (TPSA) is 77.7 Å². The van der Waals surface area contributed by atoms with Crippen LogP contribution in [-0.4, -0.2) is 31.2 Å². The van der Waals surface area contributed by atoms with Crippen molar-refractivity contribution < 1.29 is 14.4 Å². The Morgan fingerprint density at radius 1 is 1.47 bits per heavy atom. The van der Waals surface area contributed by atoms with Gasteiger partial charge in [0.25, 0.3) is 0 Å². The number of pyridine rings is 1. The first-order valence-electron chi connectivity index (χ1n) is 6.01. The minimum absolute atomic E-state index is 0.137. The number of aromatic nitrogens is 1. The average Bonchev–Trinajstić information content (AvgIpc) is 2.46. The van der Waals surface area contributed by atoms with Crippen molar-refractivity contribution in [3.05, 3.63) is 17.3 Å². The molecule has 2 heterocycles. The van der Waals surface area contributed by atoms with Crippen LogP contribution in [0.1, 0.15) is 12.8 Å². The fourth-order valence-electron chi connectivity index (χ4n) is 2.18. The Morgan fingerprint density at radius 2 is 2.16 bits per heavy atom. The van der Waals surface area contributed by atoms with Crippen molar-refractivity contribution in [1.82, 2.24) is 4.98 Å². The highest BCUT2D eigenvalue weighted by molar-refractivity contribution is 6.29. The van der Waals surface area contributed by atoms with E-state index in [1.807, 2.05) is 6.07 Å². The van der Waals surface area contributed by atoms with Crippen molar-refractivity contribution in [2.75, 3.05) is 25.1 Å². The molecule has 1 aliphatic rings. The fourth-order valence-corrected chi connectivity index (χ4v) is 2.37. The minimum Gasteiger partial charge on any atom is -0.497 e. The lowest BCUT2D eigenvalue weighted by atomic mass is 9.97. The number of methoxy groups -OCH3 is 1. The highest BCUT2D eigenvalue weighted by atomic mass is 35.5. The summed E-state index contributed by atoms with van der Waals surface area (Å²) in [6.07, 6.45) is 1.37. The van der Waals surface area contributed by atoms with Crippen LogP contribution in [0.2, 0.25) is 5.15 Å². The van der Waals surface area contributed by atoms with Gasteiger partial charge in [0.15, 0.2) is 0 Å². The van der Waals surface area contributed by atoms with Crippen LogP contribution in [0, 0.1) is 5.92 Å². The number of carbonyl (C=O) groups excluding carboxylic acids is 1. The number of nitrogens with zero attached hydrogens (tertiary/aromatic N) is 2. The lowest BCUT2D eigenvalue weighted by Gasteiger charge is -2.31. The molecule has 104 valence electrons. The predicted molar refractivity (Wildman–Crippen MR) is 71.0 cm³/mol. The second-order valence-electron chi connectivity index (χ2n) is 4.39. The highest BCUT2D eigenvalue weighted by Crippen LogP contribution is 2.27. The zero-order valence-electron chi connectivity index (χ0n) is 10.6. The van der Waals surface area contributed by atoms with E-state index < -0.39 is 0 Å². The van der Waals surface area contributed by atoms with E-state index in [1.165, 1.54) is 0 Å². The van der Waals surface area contributed by atoms with Crippen molar-refractivity contribution in [1.29, 1.82) is 0 Å². The summed E-state index contributed by atoms with van der Waals surface area (Å²) < 4.78 is 5.16. The molecule has 0 saturated carbocycles. The highest BCUT2D eigenvalue weighted by Gasteiger charge is 2.26. The third-order valence-electron chi connectivity index (χ3n) is 3.26. The molecule has 19 heavy (non-hydrogen) atoms. The first kappa shape index (κ1) is 13.9. The average molecular weight is 286 g/mol. The van der Waals surface area contributed by atoms with E-state index in [0.29, 0.717) is 36.8 Å². The van der Waals surface area contributed by atoms with Crippen molar-refractivity contribution in [2.24, 2.45) is 11.8 Å². The monoisotopic (exact) mass is 285 g/mol. The van der Waals surface area contributed by atoms with Crippen molar-refractivity contribution >= 4 is 23.4 Å². The lowest BCUT2D eigenvalue weighted by Crippen LogP contribution is -2.37. The summed E-state index contributed by atoms with van der Waals surface area (Å²) in [5.41, 5.74) is 0. The molecule has 1 fully saturated rings. The van der Waals surface area contributed by atoms with Gasteiger partial charge in [0.1, 0.15) is 16.7 Å². The second-order valence-corrected chi connectivity index (χ2v) is 4.77. The van der Waals surface area contributed by atoms with E-state index in [0.717, 1.165) is 5.82 Å². The van der Waals surface area contributed by atoms with Crippen LogP contribution in [0.15, 0.2) is 12.1 Å². The SMILES string of the molecule is COc1cc(Cl)nc(N2CCC(C(=O)ON)CC2)c1. The first-order chi connectivity index (χ1) is 9.13. The van der Waals surface area contributed by atoms with E-state index in [9.17, 15) is 4.79 Å². The van der Waals surface area contributed by atoms with Crippen molar-refractivity contribution in [2.45, 2.75) is 12.8 Å². The van der Waals surface area contributed by atoms with Gasteiger partial charge in [-0.2, -0.15) is 5.90 Å². The van der Waals surface area contributed by atoms with E-state index in [4.69, 9.17) is 22.2 Å². The standard InChI is InChI=1S/C12H16ClN3O3/c1-18-9-6-10(13)15-11(7-9)16-4-2-8(3-5-16)12(17)19-14/h6-8H,2-5,14H2,1H3. The van der Waals surface area contributed by atoms with Gasteiger partial charge in [0.05, 0.1) is 13.0 Å². The van der Waals surface area contributed by atoms with Crippen LogP contribution in [0.4, 0.5) is 5.82 Å². The summed E-state index contributed by atoms with van der Waals surface area (Å²) in [7, 11) is 1.58. The molecule has 0 atom stereocenters. The summed E-state index contributed by atoms with van der Waals surface area (Å²) in [4.78, 5) is 21.9. The van der Waals surface area contributed by atoms with Crippen LogP contribution >= 0.6 is 11.6 Å². The molecule has 2 rings (SSSR count). The zero-order valence-corrected chi connectivity index (χ0v) is 11.4. The maximum Gasteiger partial charge on any atom is 0.327 e. The van der Waals surface area contributed by atoms with E-state index in [1.54, 1.807) is 13.2 Å². The van der Waals surface area contributed by atoms with Crippen LogP contribution in [0.3, 0.4) is 0 Å². The smallest absolute Gasteiger partial charge is 0.327 e. The maximum atomic E-state index is 11.3. The van der Waals surface area contributed by atoms with Gasteiger partial charge in [-0.15, -0.1) is 0 Å². The molecule has 1 aromatic rings. The number of halogens is 1. The zero-order chi connectivity index (χ0) is 13.8. The molecule has 0 amide bonds. The molecule has 2 N–H and O–H groups in total. The van der Waals surface area contributed by atoms with Crippen molar-refractivity contribution in [3.63, 3.8) is 0 Å². The molecule has 0 aromatic carbocycles. The summed E-state index contributed by atoms with van der Waals surface area (Å²) in [6, 6.07) is 3.48. The molecule has 0 bridgehead atoms. The maximum absolute atomic E-state index is 11.3. The number of hydrogen-bond acceptors (Lipinski definition) is 6. The predicted octanol–water partition coefficient (Wildman–Crippen LogP) is 1.38. The molecular weight excluding hydrogens is 270 g/mol. The number of carbonyl (C=O) groups is 1. The number of hydrogen-bond donors (Lipinski definition) is 1. The molecule has 1 aromatic heterocycles. The van der Waals surface area contributed by atoms with Gasteiger partial charge in [-0.1, -0.05) is 11.6 Å². The minimum atomic E-state index is -0.351. The summed E-state index contributed by atoms with van der Waals surface area (Å²) in [6.45, 7) is 1.41. The third kappa shape index (κ3) is 3.27. The van der Waals surface area contributed by atoms with Gasteiger partial charge in [-0.05, 0) is 12.8 Å². The molecule has 1 saturated heterocycles. The molecule has 0 aliphatic carbocycles.